The zero-order valence-electron chi connectivity index (χ0n) is 12.8. The van der Waals surface area contributed by atoms with Crippen molar-refractivity contribution in [1.29, 1.82) is 0 Å². The molecule has 110 valence electrons. The first-order valence-corrected chi connectivity index (χ1v) is 8.15. The van der Waals surface area contributed by atoms with Crippen molar-refractivity contribution in [3.8, 4) is 5.75 Å². The molecule has 0 radical (unpaired) electrons. The van der Waals surface area contributed by atoms with Crippen LogP contribution in [0.15, 0.2) is 24.3 Å². The van der Waals surface area contributed by atoms with E-state index in [1.807, 2.05) is 0 Å². The van der Waals surface area contributed by atoms with Gasteiger partial charge in [0.05, 0.1) is 6.61 Å². The van der Waals surface area contributed by atoms with Gasteiger partial charge in [0.25, 0.3) is 0 Å². The molecule has 1 fully saturated rings. The predicted molar refractivity (Wildman–Crippen MR) is 83.3 cm³/mol. The van der Waals surface area contributed by atoms with Gasteiger partial charge in [-0.2, -0.15) is 0 Å². The number of fused-ring (bicyclic) bond motifs is 1. The van der Waals surface area contributed by atoms with Crippen molar-refractivity contribution in [1.82, 2.24) is 5.32 Å². The van der Waals surface area contributed by atoms with Gasteiger partial charge in [-0.15, -0.1) is 0 Å². The fourth-order valence-corrected chi connectivity index (χ4v) is 3.54. The molecule has 1 aromatic rings. The average Bonchev–Trinajstić information content (AvgIpc) is 3.20. The first-order valence-electron chi connectivity index (χ1n) is 8.15. The highest BCUT2D eigenvalue weighted by Crippen LogP contribution is 2.42. The summed E-state index contributed by atoms with van der Waals surface area (Å²) < 4.78 is 5.85. The Morgan fingerprint density at radius 1 is 1.30 bits per heavy atom. The van der Waals surface area contributed by atoms with E-state index in [2.05, 4.69) is 43.4 Å². The highest BCUT2D eigenvalue weighted by atomic mass is 16.5. The molecule has 1 aliphatic heterocycles. The number of nitrogens with one attached hydrogen (secondary N) is 1. The summed E-state index contributed by atoms with van der Waals surface area (Å²) in [6.07, 6.45) is 6.54. The molecule has 1 saturated carbocycles. The lowest BCUT2D eigenvalue weighted by Crippen LogP contribution is -2.34. The number of hydrogen-bond donors (Lipinski definition) is 1. The van der Waals surface area contributed by atoms with E-state index in [0.29, 0.717) is 11.3 Å². The first kappa shape index (κ1) is 13.9. The van der Waals surface area contributed by atoms with Crippen LogP contribution < -0.4 is 10.1 Å². The molecule has 2 aliphatic rings. The van der Waals surface area contributed by atoms with Crippen molar-refractivity contribution >= 4 is 0 Å². The second-order valence-corrected chi connectivity index (χ2v) is 6.97. The van der Waals surface area contributed by atoms with Crippen LogP contribution in [0.1, 0.15) is 57.4 Å². The third-order valence-electron chi connectivity index (χ3n) is 4.79. The molecule has 2 unspecified atom stereocenters. The first-order chi connectivity index (χ1) is 9.70. The number of rotatable bonds is 7. The monoisotopic (exact) mass is 273 g/mol. The van der Waals surface area contributed by atoms with Gasteiger partial charge in [0.15, 0.2) is 0 Å². The quantitative estimate of drug-likeness (QED) is 0.807. The van der Waals surface area contributed by atoms with Gasteiger partial charge >= 0.3 is 0 Å². The van der Waals surface area contributed by atoms with E-state index >= 15 is 0 Å². The van der Waals surface area contributed by atoms with Crippen LogP contribution in [0, 0.1) is 5.41 Å². The molecule has 1 N–H and O–H groups in total. The van der Waals surface area contributed by atoms with Crippen LogP contribution in [-0.4, -0.2) is 19.2 Å². The minimum atomic E-state index is 0.392. The number of para-hydroxylation sites is 1. The van der Waals surface area contributed by atoms with Crippen LogP contribution >= 0.6 is 0 Å². The lowest BCUT2D eigenvalue weighted by atomic mass is 9.76. The highest BCUT2D eigenvalue weighted by Gasteiger charge is 2.34. The normalized spacial score (nSPS) is 24.0. The zero-order valence-corrected chi connectivity index (χ0v) is 12.8. The van der Waals surface area contributed by atoms with E-state index in [4.69, 9.17) is 4.74 Å². The minimum absolute atomic E-state index is 0.392. The Bertz CT molecular complexity index is 454. The van der Waals surface area contributed by atoms with Gasteiger partial charge in [-0.25, -0.2) is 0 Å². The van der Waals surface area contributed by atoms with Crippen molar-refractivity contribution in [2.24, 2.45) is 5.41 Å². The largest absolute Gasteiger partial charge is 0.493 e. The van der Waals surface area contributed by atoms with Crippen LogP contribution in [0.5, 0.6) is 5.75 Å². The highest BCUT2D eigenvalue weighted by molar-refractivity contribution is 5.39. The summed E-state index contributed by atoms with van der Waals surface area (Å²) in [7, 11) is 0. The van der Waals surface area contributed by atoms with E-state index in [9.17, 15) is 0 Å². The molecule has 1 aromatic carbocycles. The molecule has 0 saturated heterocycles. The van der Waals surface area contributed by atoms with Crippen molar-refractivity contribution < 1.29 is 4.74 Å². The van der Waals surface area contributed by atoms with E-state index in [-0.39, 0.29) is 0 Å². The summed E-state index contributed by atoms with van der Waals surface area (Å²) in [4.78, 5) is 0. The Labute approximate surface area is 122 Å². The van der Waals surface area contributed by atoms with E-state index in [1.165, 1.54) is 37.7 Å². The predicted octanol–water partition coefficient (Wildman–Crippen LogP) is 4.11. The van der Waals surface area contributed by atoms with Gasteiger partial charge in [0.1, 0.15) is 5.75 Å². The van der Waals surface area contributed by atoms with Gasteiger partial charge in [0.2, 0.25) is 0 Å². The number of ether oxygens (including phenoxy) is 1. The molecule has 2 atom stereocenters. The van der Waals surface area contributed by atoms with Crippen molar-refractivity contribution in [2.45, 2.75) is 57.9 Å². The summed E-state index contributed by atoms with van der Waals surface area (Å²) in [6, 6.07) is 9.36. The maximum absolute atomic E-state index is 5.85. The maximum Gasteiger partial charge on any atom is 0.122 e. The lowest BCUT2D eigenvalue weighted by molar-refractivity contribution is 0.215. The molecule has 3 rings (SSSR count). The van der Waals surface area contributed by atoms with Gasteiger partial charge in [-0.3, -0.25) is 0 Å². The third-order valence-corrected chi connectivity index (χ3v) is 4.79. The molecular formula is C18H27NO. The maximum atomic E-state index is 5.85. The zero-order chi connectivity index (χ0) is 14.0. The molecule has 0 bridgehead atoms. The molecule has 1 aliphatic carbocycles. The Morgan fingerprint density at radius 2 is 2.10 bits per heavy atom. The molecule has 2 nitrogen and oxygen atoms in total. The Balaban J connectivity index is 1.66. The SMILES string of the molecule is CCCC(C)(CNC1CC1)CC1COc2ccccc21. The lowest BCUT2D eigenvalue weighted by Gasteiger charge is -2.32. The molecule has 0 amide bonds. The van der Waals surface area contributed by atoms with Crippen LogP contribution in [0.25, 0.3) is 0 Å². The Hall–Kier alpha value is -1.02. The molecule has 2 heteroatoms. The average molecular weight is 273 g/mol. The smallest absolute Gasteiger partial charge is 0.122 e. The van der Waals surface area contributed by atoms with Crippen molar-refractivity contribution in [3.63, 3.8) is 0 Å². The van der Waals surface area contributed by atoms with Crippen LogP contribution in [0.4, 0.5) is 0 Å². The topological polar surface area (TPSA) is 21.3 Å². The molecule has 20 heavy (non-hydrogen) atoms. The molecule has 0 aromatic heterocycles. The minimum Gasteiger partial charge on any atom is -0.493 e. The fraction of sp³-hybridized carbons (Fsp3) is 0.667. The summed E-state index contributed by atoms with van der Waals surface area (Å²) >= 11 is 0. The van der Waals surface area contributed by atoms with Gasteiger partial charge in [-0.1, -0.05) is 38.5 Å². The van der Waals surface area contributed by atoms with Crippen LogP contribution in [-0.2, 0) is 0 Å². The number of hydrogen-bond acceptors (Lipinski definition) is 2. The molecule has 1 heterocycles. The number of benzene rings is 1. The molecular weight excluding hydrogens is 246 g/mol. The third kappa shape index (κ3) is 3.17. The second kappa shape index (κ2) is 5.77. The second-order valence-electron chi connectivity index (χ2n) is 6.97. The molecule has 0 spiro atoms. The van der Waals surface area contributed by atoms with Gasteiger partial charge in [-0.05, 0) is 37.2 Å². The standard InChI is InChI=1S/C18H27NO/c1-3-10-18(2,13-19-15-8-9-15)11-14-12-20-17-7-5-4-6-16(14)17/h4-7,14-15,19H,3,8-13H2,1-2H3. The van der Waals surface area contributed by atoms with Gasteiger partial charge in [0, 0.05) is 24.1 Å². The van der Waals surface area contributed by atoms with Crippen molar-refractivity contribution in [2.75, 3.05) is 13.2 Å². The summed E-state index contributed by atoms with van der Waals surface area (Å²) in [5.74, 6) is 1.68. The van der Waals surface area contributed by atoms with E-state index < -0.39 is 0 Å². The van der Waals surface area contributed by atoms with Crippen molar-refractivity contribution in [3.05, 3.63) is 29.8 Å². The summed E-state index contributed by atoms with van der Waals surface area (Å²) in [6.45, 7) is 6.77. The van der Waals surface area contributed by atoms with Crippen LogP contribution in [0.3, 0.4) is 0 Å². The van der Waals surface area contributed by atoms with E-state index in [1.54, 1.807) is 0 Å². The summed E-state index contributed by atoms with van der Waals surface area (Å²) in [5.41, 5.74) is 1.81. The van der Waals surface area contributed by atoms with Crippen LogP contribution in [0.2, 0.25) is 0 Å². The Morgan fingerprint density at radius 3 is 2.85 bits per heavy atom. The fourth-order valence-electron chi connectivity index (χ4n) is 3.54. The Kier molecular flexibility index (Phi) is 4.02. The van der Waals surface area contributed by atoms with E-state index in [0.717, 1.165) is 24.9 Å². The summed E-state index contributed by atoms with van der Waals surface area (Å²) in [5, 5.41) is 3.74. The van der Waals surface area contributed by atoms with Gasteiger partial charge < -0.3 is 10.1 Å².